The lowest BCUT2D eigenvalue weighted by Crippen LogP contribution is -2.11. The minimum absolute atomic E-state index is 0.196. The lowest BCUT2D eigenvalue weighted by atomic mass is 10.3. The second-order valence-corrected chi connectivity index (χ2v) is 6.02. The first-order valence-corrected chi connectivity index (χ1v) is 7.38. The summed E-state index contributed by atoms with van der Waals surface area (Å²) in [5.74, 6) is 0.611. The van der Waals surface area contributed by atoms with Crippen molar-refractivity contribution in [3.63, 3.8) is 0 Å². The molecule has 0 bridgehead atoms. The number of hydrogen-bond acceptors (Lipinski definition) is 4. The summed E-state index contributed by atoms with van der Waals surface area (Å²) in [4.78, 5) is 4.30. The predicted octanol–water partition coefficient (Wildman–Crippen LogP) is 2.28. The molecule has 0 saturated carbocycles. The maximum atomic E-state index is 12.6. The van der Waals surface area contributed by atoms with Crippen LogP contribution in [0.15, 0.2) is 59.8 Å². The van der Waals surface area contributed by atoms with Crippen LogP contribution in [0, 0.1) is 0 Å². The summed E-state index contributed by atoms with van der Waals surface area (Å²) in [7, 11) is -2.11. The number of nitrogens with zero attached hydrogens (tertiary/aromatic N) is 2. The number of methoxy groups -OCH3 is 1. The Morgan fingerprint density at radius 1 is 1.05 bits per heavy atom. The summed E-state index contributed by atoms with van der Waals surface area (Å²) in [5.41, 5.74) is 1.20. The minimum Gasteiger partial charge on any atom is -0.497 e. The van der Waals surface area contributed by atoms with Crippen molar-refractivity contribution in [1.82, 2.24) is 8.96 Å². The molecule has 2 aromatic carbocycles. The van der Waals surface area contributed by atoms with Crippen molar-refractivity contribution >= 4 is 21.1 Å². The second-order valence-electron chi connectivity index (χ2n) is 4.21. The molecule has 102 valence electrons. The summed E-state index contributed by atoms with van der Waals surface area (Å²) >= 11 is 0. The van der Waals surface area contributed by atoms with Gasteiger partial charge >= 0.3 is 0 Å². The van der Waals surface area contributed by atoms with Gasteiger partial charge in [0.25, 0.3) is 10.0 Å². The first kappa shape index (κ1) is 12.7. The highest BCUT2D eigenvalue weighted by atomic mass is 32.2. The van der Waals surface area contributed by atoms with Crippen molar-refractivity contribution in [2.24, 2.45) is 0 Å². The van der Waals surface area contributed by atoms with E-state index in [1.165, 1.54) is 29.5 Å². The second kappa shape index (κ2) is 4.64. The minimum atomic E-state index is -3.65. The fraction of sp³-hybridized carbons (Fsp3) is 0.0714. The van der Waals surface area contributed by atoms with E-state index in [2.05, 4.69) is 4.98 Å². The van der Waals surface area contributed by atoms with Crippen LogP contribution in [0.5, 0.6) is 5.75 Å². The molecule has 0 atom stereocenters. The topological polar surface area (TPSA) is 61.2 Å². The summed E-state index contributed by atoms with van der Waals surface area (Å²) < 4.78 is 31.4. The quantitative estimate of drug-likeness (QED) is 0.742. The smallest absolute Gasteiger partial charge is 0.269 e. The Labute approximate surface area is 116 Å². The van der Waals surface area contributed by atoms with Crippen molar-refractivity contribution in [2.45, 2.75) is 4.90 Å². The zero-order valence-corrected chi connectivity index (χ0v) is 11.5. The van der Waals surface area contributed by atoms with E-state index in [0.29, 0.717) is 16.8 Å². The van der Waals surface area contributed by atoms with Gasteiger partial charge in [-0.05, 0) is 36.4 Å². The number of ether oxygens (including phenoxy) is 1. The molecule has 0 aliphatic carbocycles. The summed E-state index contributed by atoms with van der Waals surface area (Å²) in [6, 6.07) is 13.4. The Kier molecular flexibility index (Phi) is 2.94. The molecule has 0 amide bonds. The predicted molar refractivity (Wildman–Crippen MR) is 75.3 cm³/mol. The van der Waals surface area contributed by atoms with Gasteiger partial charge in [0, 0.05) is 0 Å². The van der Waals surface area contributed by atoms with Crippen LogP contribution in [-0.2, 0) is 10.0 Å². The molecule has 20 heavy (non-hydrogen) atoms. The van der Waals surface area contributed by atoms with Crippen LogP contribution in [0.3, 0.4) is 0 Å². The van der Waals surface area contributed by atoms with Gasteiger partial charge in [0.2, 0.25) is 0 Å². The number of rotatable bonds is 3. The third-order valence-electron chi connectivity index (χ3n) is 3.04. The average Bonchev–Trinajstić information content (AvgIpc) is 2.92. The lowest BCUT2D eigenvalue weighted by molar-refractivity contribution is 0.414. The van der Waals surface area contributed by atoms with Crippen LogP contribution < -0.4 is 4.74 Å². The Hall–Kier alpha value is -2.34. The molecule has 0 radical (unpaired) electrons. The van der Waals surface area contributed by atoms with Gasteiger partial charge < -0.3 is 4.74 Å². The molecule has 5 nitrogen and oxygen atoms in total. The lowest BCUT2D eigenvalue weighted by Gasteiger charge is -2.07. The zero-order chi connectivity index (χ0) is 14.2. The van der Waals surface area contributed by atoms with Gasteiger partial charge in [-0.3, -0.25) is 0 Å². The van der Waals surface area contributed by atoms with Crippen molar-refractivity contribution in [2.75, 3.05) is 7.11 Å². The molecular weight excluding hydrogens is 276 g/mol. The van der Waals surface area contributed by atoms with Crippen molar-refractivity contribution in [3.8, 4) is 5.75 Å². The van der Waals surface area contributed by atoms with E-state index in [-0.39, 0.29) is 4.90 Å². The van der Waals surface area contributed by atoms with E-state index in [1.54, 1.807) is 30.3 Å². The van der Waals surface area contributed by atoms with Crippen molar-refractivity contribution < 1.29 is 13.2 Å². The molecule has 0 spiro atoms. The van der Waals surface area contributed by atoms with Gasteiger partial charge in [-0.15, -0.1) is 0 Å². The van der Waals surface area contributed by atoms with Crippen molar-refractivity contribution in [1.29, 1.82) is 0 Å². The van der Waals surface area contributed by atoms with Gasteiger partial charge in [0.1, 0.15) is 12.1 Å². The Balaban J connectivity index is 2.15. The number of benzene rings is 2. The third-order valence-corrected chi connectivity index (χ3v) is 4.71. The van der Waals surface area contributed by atoms with E-state index < -0.39 is 10.0 Å². The molecule has 1 aromatic heterocycles. The third kappa shape index (κ3) is 1.94. The standard InChI is InChI=1S/C14H12N2O3S/c1-19-11-6-8-12(9-7-11)20(17,18)16-10-15-13-4-2-3-5-14(13)16/h2-10H,1H3. The van der Waals surface area contributed by atoms with E-state index >= 15 is 0 Å². The van der Waals surface area contributed by atoms with Gasteiger partial charge in [0.15, 0.2) is 0 Å². The Morgan fingerprint density at radius 2 is 1.75 bits per heavy atom. The SMILES string of the molecule is COc1ccc(S(=O)(=O)n2cnc3ccccc32)cc1. The highest BCUT2D eigenvalue weighted by Gasteiger charge is 2.19. The highest BCUT2D eigenvalue weighted by molar-refractivity contribution is 7.90. The number of hydrogen-bond donors (Lipinski definition) is 0. The van der Waals surface area contributed by atoms with Crippen LogP contribution in [0.1, 0.15) is 0 Å². The molecule has 0 aliphatic rings. The number of aromatic nitrogens is 2. The normalized spacial score (nSPS) is 11.7. The highest BCUT2D eigenvalue weighted by Crippen LogP contribution is 2.21. The fourth-order valence-electron chi connectivity index (χ4n) is 1.99. The van der Waals surface area contributed by atoms with Gasteiger partial charge in [-0.25, -0.2) is 17.4 Å². The fourth-order valence-corrected chi connectivity index (χ4v) is 3.28. The Bertz CT molecular complexity index is 852. The van der Waals surface area contributed by atoms with E-state index in [4.69, 9.17) is 4.74 Å². The largest absolute Gasteiger partial charge is 0.497 e. The molecule has 0 unspecified atom stereocenters. The van der Waals surface area contributed by atoms with Gasteiger partial charge in [-0.2, -0.15) is 0 Å². The molecule has 0 saturated heterocycles. The first-order chi connectivity index (χ1) is 9.63. The summed E-state index contributed by atoms with van der Waals surface area (Å²) in [6.45, 7) is 0. The van der Waals surface area contributed by atoms with Gasteiger partial charge in [0.05, 0.1) is 23.0 Å². The number of para-hydroxylation sites is 2. The van der Waals surface area contributed by atoms with E-state index in [9.17, 15) is 8.42 Å². The van der Waals surface area contributed by atoms with E-state index in [1.807, 2.05) is 6.07 Å². The average molecular weight is 288 g/mol. The van der Waals surface area contributed by atoms with Crippen LogP contribution in [0.2, 0.25) is 0 Å². The molecular formula is C14H12N2O3S. The van der Waals surface area contributed by atoms with Crippen molar-refractivity contribution in [3.05, 3.63) is 54.9 Å². The van der Waals surface area contributed by atoms with Crippen LogP contribution in [0.25, 0.3) is 11.0 Å². The van der Waals surface area contributed by atoms with Crippen LogP contribution in [0.4, 0.5) is 0 Å². The molecule has 3 aromatic rings. The maximum Gasteiger partial charge on any atom is 0.269 e. The number of fused-ring (bicyclic) bond motifs is 1. The van der Waals surface area contributed by atoms with E-state index in [0.717, 1.165) is 0 Å². The molecule has 3 rings (SSSR count). The molecule has 0 fully saturated rings. The van der Waals surface area contributed by atoms with Crippen LogP contribution >= 0.6 is 0 Å². The first-order valence-electron chi connectivity index (χ1n) is 5.94. The molecule has 1 heterocycles. The molecule has 6 heteroatoms. The monoisotopic (exact) mass is 288 g/mol. The Morgan fingerprint density at radius 3 is 2.45 bits per heavy atom. The summed E-state index contributed by atoms with van der Waals surface area (Å²) in [5, 5.41) is 0. The van der Waals surface area contributed by atoms with Gasteiger partial charge in [-0.1, -0.05) is 12.1 Å². The maximum absolute atomic E-state index is 12.6. The zero-order valence-electron chi connectivity index (χ0n) is 10.7. The van der Waals surface area contributed by atoms with Crippen LogP contribution in [-0.4, -0.2) is 24.5 Å². The number of imidazole rings is 1. The molecule has 0 aliphatic heterocycles. The molecule has 0 N–H and O–H groups in total. The summed E-state index contributed by atoms with van der Waals surface area (Å²) in [6.07, 6.45) is 1.32.